The zero-order valence-corrected chi connectivity index (χ0v) is 11.1. The normalized spacial score (nSPS) is 10.5. The van der Waals surface area contributed by atoms with Crippen LogP contribution in [0.25, 0.3) is 0 Å². The maximum absolute atomic E-state index is 10.9. The third-order valence-corrected chi connectivity index (χ3v) is 2.89. The number of ether oxygens (including phenoxy) is 1. The number of carbonyl (C=O) groups is 1. The van der Waals surface area contributed by atoms with E-state index in [1.54, 1.807) is 0 Å². The summed E-state index contributed by atoms with van der Waals surface area (Å²) in [6, 6.07) is 7.67. The van der Waals surface area contributed by atoms with Gasteiger partial charge in [-0.15, -0.1) is 5.10 Å². The third kappa shape index (κ3) is 2.94. The fourth-order valence-corrected chi connectivity index (χ4v) is 1.84. The minimum atomic E-state index is -1.13. The van der Waals surface area contributed by atoms with E-state index in [4.69, 9.17) is 15.6 Å². The summed E-state index contributed by atoms with van der Waals surface area (Å²) in [5.74, 6) is -0.336. The SMILES string of the molecule is Cc1ccccc1OCCn1nnc(C(=O)O)c1CN. The van der Waals surface area contributed by atoms with Gasteiger partial charge in [0.2, 0.25) is 0 Å². The first kappa shape index (κ1) is 14.0. The molecule has 2 aromatic rings. The van der Waals surface area contributed by atoms with E-state index in [0.29, 0.717) is 18.8 Å². The lowest BCUT2D eigenvalue weighted by Crippen LogP contribution is -2.16. The number of nitrogens with zero attached hydrogens (tertiary/aromatic N) is 3. The Morgan fingerprint density at radius 1 is 1.45 bits per heavy atom. The standard InChI is InChI=1S/C13H16N4O3/c1-9-4-2-3-5-11(9)20-7-6-17-10(8-14)12(13(18)19)15-16-17/h2-5H,6-8,14H2,1H3,(H,18,19). The van der Waals surface area contributed by atoms with Crippen molar-refractivity contribution in [2.24, 2.45) is 5.73 Å². The van der Waals surface area contributed by atoms with Crippen molar-refractivity contribution in [3.05, 3.63) is 41.2 Å². The van der Waals surface area contributed by atoms with Gasteiger partial charge in [0.15, 0.2) is 5.69 Å². The number of aromatic nitrogens is 3. The van der Waals surface area contributed by atoms with Crippen molar-refractivity contribution in [2.75, 3.05) is 6.61 Å². The van der Waals surface area contributed by atoms with E-state index in [2.05, 4.69) is 10.3 Å². The first-order valence-electron chi connectivity index (χ1n) is 6.17. The number of benzene rings is 1. The molecule has 0 aliphatic carbocycles. The molecular formula is C13H16N4O3. The summed E-state index contributed by atoms with van der Waals surface area (Å²) in [6.07, 6.45) is 0. The van der Waals surface area contributed by atoms with Crippen LogP contribution in [0.4, 0.5) is 0 Å². The van der Waals surface area contributed by atoms with Crippen molar-refractivity contribution >= 4 is 5.97 Å². The number of nitrogens with two attached hydrogens (primary N) is 1. The Kier molecular flexibility index (Phi) is 4.31. The molecule has 3 N–H and O–H groups in total. The van der Waals surface area contributed by atoms with Gasteiger partial charge in [0, 0.05) is 6.54 Å². The minimum absolute atomic E-state index is 0.0685. The molecule has 0 amide bonds. The quantitative estimate of drug-likeness (QED) is 0.809. The molecule has 7 heteroatoms. The van der Waals surface area contributed by atoms with Crippen LogP contribution < -0.4 is 10.5 Å². The number of hydrogen-bond donors (Lipinski definition) is 2. The molecule has 20 heavy (non-hydrogen) atoms. The molecule has 1 heterocycles. The zero-order valence-electron chi connectivity index (χ0n) is 11.1. The van der Waals surface area contributed by atoms with E-state index in [9.17, 15) is 4.79 Å². The van der Waals surface area contributed by atoms with E-state index >= 15 is 0 Å². The average Bonchev–Trinajstić information content (AvgIpc) is 2.84. The fraction of sp³-hybridized carbons (Fsp3) is 0.308. The van der Waals surface area contributed by atoms with Crippen LogP contribution in [0.3, 0.4) is 0 Å². The van der Waals surface area contributed by atoms with Gasteiger partial charge in [-0.25, -0.2) is 9.48 Å². The van der Waals surface area contributed by atoms with Crippen LogP contribution >= 0.6 is 0 Å². The molecule has 0 unspecified atom stereocenters. The third-order valence-electron chi connectivity index (χ3n) is 2.89. The number of rotatable bonds is 6. The van der Waals surface area contributed by atoms with E-state index in [0.717, 1.165) is 11.3 Å². The topological polar surface area (TPSA) is 103 Å². The highest BCUT2D eigenvalue weighted by Crippen LogP contribution is 2.16. The van der Waals surface area contributed by atoms with Gasteiger partial charge >= 0.3 is 5.97 Å². The Hall–Kier alpha value is -2.41. The molecular weight excluding hydrogens is 260 g/mol. The summed E-state index contributed by atoms with van der Waals surface area (Å²) in [5, 5.41) is 16.3. The summed E-state index contributed by atoms with van der Waals surface area (Å²) >= 11 is 0. The van der Waals surface area contributed by atoms with Crippen LogP contribution in [-0.2, 0) is 13.1 Å². The van der Waals surface area contributed by atoms with Crippen molar-refractivity contribution in [1.29, 1.82) is 0 Å². The van der Waals surface area contributed by atoms with Crippen LogP contribution in [0, 0.1) is 6.92 Å². The molecule has 0 atom stereocenters. The van der Waals surface area contributed by atoms with Gasteiger partial charge < -0.3 is 15.6 Å². The molecule has 7 nitrogen and oxygen atoms in total. The second kappa shape index (κ2) is 6.16. The van der Waals surface area contributed by atoms with Crippen LogP contribution in [0.5, 0.6) is 5.75 Å². The van der Waals surface area contributed by atoms with Crippen molar-refractivity contribution in [1.82, 2.24) is 15.0 Å². The maximum Gasteiger partial charge on any atom is 0.358 e. The molecule has 106 valence electrons. The number of aryl methyl sites for hydroxylation is 1. The van der Waals surface area contributed by atoms with E-state index in [-0.39, 0.29) is 12.2 Å². The molecule has 0 radical (unpaired) electrons. The Morgan fingerprint density at radius 2 is 2.20 bits per heavy atom. The van der Waals surface area contributed by atoms with E-state index in [1.165, 1.54) is 4.68 Å². The van der Waals surface area contributed by atoms with Gasteiger partial charge in [-0.05, 0) is 18.6 Å². The summed E-state index contributed by atoms with van der Waals surface area (Å²) in [7, 11) is 0. The summed E-state index contributed by atoms with van der Waals surface area (Å²) in [5.41, 5.74) is 6.86. The molecule has 0 bridgehead atoms. The van der Waals surface area contributed by atoms with E-state index < -0.39 is 5.97 Å². The van der Waals surface area contributed by atoms with Gasteiger partial charge in [0.05, 0.1) is 12.2 Å². The molecule has 1 aromatic carbocycles. The van der Waals surface area contributed by atoms with Crippen LogP contribution in [-0.4, -0.2) is 32.7 Å². The van der Waals surface area contributed by atoms with Crippen molar-refractivity contribution in [3.8, 4) is 5.75 Å². The average molecular weight is 276 g/mol. The highest BCUT2D eigenvalue weighted by atomic mass is 16.5. The number of carboxylic acids is 1. The Bertz CT molecular complexity index is 609. The van der Waals surface area contributed by atoms with Crippen molar-refractivity contribution in [2.45, 2.75) is 20.0 Å². The van der Waals surface area contributed by atoms with E-state index in [1.807, 2.05) is 31.2 Å². The number of aromatic carboxylic acids is 1. The fourth-order valence-electron chi connectivity index (χ4n) is 1.84. The highest BCUT2D eigenvalue weighted by Gasteiger charge is 2.17. The van der Waals surface area contributed by atoms with Crippen LogP contribution in [0.15, 0.2) is 24.3 Å². The van der Waals surface area contributed by atoms with Gasteiger partial charge in [-0.1, -0.05) is 23.4 Å². The van der Waals surface area contributed by atoms with Gasteiger partial charge in [0.25, 0.3) is 0 Å². The van der Waals surface area contributed by atoms with Crippen molar-refractivity contribution in [3.63, 3.8) is 0 Å². The lowest BCUT2D eigenvalue weighted by Gasteiger charge is -2.09. The minimum Gasteiger partial charge on any atom is -0.491 e. The number of carboxylic acid groups (broad SMARTS) is 1. The molecule has 0 saturated heterocycles. The zero-order chi connectivity index (χ0) is 14.5. The Labute approximate surface area is 116 Å². The summed E-state index contributed by atoms with van der Waals surface area (Å²) < 4.78 is 7.09. The molecule has 1 aromatic heterocycles. The number of para-hydroxylation sites is 1. The molecule has 2 rings (SSSR count). The molecule has 0 aliphatic heterocycles. The maximum atomic E-state index is 10.9. The second-order valence-corrected chi connectivity index (χ2v) is 4.23. The first-order chi connectivity index (χ1) is 9.63. The largest absolute Gasteiger partial charge is 0.491 e. The van der Waals surface area contributed by atoms with Crippen LogP contribution in [0.2, 0.25) is 0 Å². The Morgan fingerprint density at radius 3 is 2.85 bits per heavy atom. The molecule has 0 spiro atoms. The predicted octanol–water partition coefficient (Wildman–Crippen LogP) is 0.822. The van der Waals surface area contributed by atoms with Gasteiger partial charge in [-0.2, -0.15) is 0 Å². The highest BCUT2D eigenvalue weighted by molar-refractivity contribution is 5.86. The van der Waals surface area contributed by atoms with Gasteiger partial charge in [-0.3, -0.25) is 0 Å². The first-order valence-corrected chi connectivity index (χ1v) is 6.17. The molecule has 0 saturated carbocycles. The predicted molar refractivity (Wildman–Crippen MR) is 71.5 cm³/mol. The Balaban J connectivity index is 2.01. The van der Waals surface area contributed by atoms with Crippen molar-refractivity contribution < 1.29 is 14.6 Å². The summed E-state index contributed by atoms with van der Waals surface area (Å²) in [4.78, 5) is 10.9. The second-order valence-electron chi connectivity index (χ2n) is 4.23. The number of hydrogen-bond acceptors (Lipinski definition) is 5. The smallest absolute Gasteiger partial charge is 0.358 e. The molecule has 0 fully saturated rings. The van der Waals surface area contributed by atoms with Gasteiger partial charge in [0.1, 0.15) is 12.4 Å². The lowest BCUT2D eigenvalue weighted by atomic mass is 10.2. The van der Waals surface area contributed by atoms with Crippen LogP contribution in [0.1, 0.15) is 21.7 Å². The molecule has 0 aliphatic rings. The lowest BCUT2D eigenvalue weighted by molar-refractivity contribution is 0.0689. The summed E-state index contributed by atoms with van der Waals surface area (Å²) in [6.45, 7) is 2.78. The monoisotopic (exact) mass is 276 g/mol.